The van der Waals surface area contributed by atoms with Gasteiger partial charge in [-0.3, -0.25) is 0 Å². The summed E-state index contributed by atoms with van der Waals surface area (Å²) in [5, 5.41) is 10.1. The van der Waals surface area contributed by atoms with Gasteiger partial charge in [0.25, 0.3) is 0 Å². The van der Waals surface area contributed by atoms with E-state index in [0.29, 0.717) is 17.5 Å². The van der Waals surface area contributed by atoms with Crippen LogP contribution in [0, 0.1) is 0 Å². The normalized spacial score (nSPS) is 12.0. The largest absolute Gasteiger partial charge is 0.455 e. The Bertz CT molecular complexity index is 3510. The van der Waals surface area contributed by atoms with E-state index in [2.05, 4.69) is 115 Å². The summed E-state index contributed by atoms with van der Waals surface area (Å²) < 4.78 is 10.4. The lowest BCUT2D eigenvalue weighted by Gasteiger charge is -2.12. The standard InChI is InChI=1S/C48H26N4OS2/c1-2-12-27(13-3-1)45-50-46(36-24-28-14-4-5-15-30(28)31-16-6-7-17-32(31)36)52-47(51-45)37-26-38-44(42-35-19-8-10-20-39(35)53-43(37)42)55-48(49-38)29-22-23-34-33-18-9-11-21-40(33)54-41(34)25-29/h1-26H. The molecule has 0 aliphatic carbocycles. The van der Waals surface area contributed by atoms with Crippen molar-refractivity contribution in [1.82, 2.24) is 19.9 Å². The van der Waals surface area contributed by atoms with Gasteiger partial charge in [0, 0.05) is 47.6 Å². The summed E-state index contributed by atoms with van der Waals surface area (Å²) >= 11 is 3.52. The molecule has 0 unspecified atom stereocenters. The predicted octanol–water partition coefficient (Wildman–Crippen LogP) is 13.7. The second-order valence-electron chi connectivity index (χ2n) is 13.8. The maximum absolute atomic E-state index is 6.75. The van der Waals surface area contributed by atoms with E-state index in [1.807, 2.05) is 53.8 Å². The van der Waals surface area contributed by atoms with Gasteiger partial charge in [0.1, 0.15) is 16.2 Å². The van der Waals surface area contributed by atoms with Crippen molar-refractivity contribution < 1.29 is 4.42 Å². The van der Waals surface area contributed by atoms with Gasteiger partial charge in [-0.1, -0.05) is 127 Å². The van der Waals surface area contributed by atoms with E-state index in [4.69, 9.17) is 24.4 Å². The molecule has 0 aliphatic heterocycles. The Morgan fingerprint density at radius 2 is 1.09 bits per heavy atom. The molecule has 0 atom stereocenters. The van der Waals surface area contributed by atoms with Crippen molar-refractivity contribution in [2.24, 2.45) is 0 Å². The molecule has 0 saturated heterocycles. The third-order valence-corrected chi connectivity index (χ3v) is 12.8. The zero-order valence-electron chi connectivity index (χ0n) is 29.0. The Morgan fingerprint density at radius 3 is 1.96 bits per heavy atom. The van der Waals surface area contributed by atoms with Gasteiger partial charge in [0.2, 0.25) is 0 Å². The topological polar surface area (TPSA) is 64.7 Å². The highest BCUT2D eigenvalue weighted by Gasteiger charge is 2.23. The van der Waals surface area contributed by atoms with Crippen molar-refractivity contribution in [3.05, 3.63) is 158 Å². The number of hydrogen-bond acceptors (Lipinski definition) is 7. The van der Waals surface area contributed by atoms with Gasteiger partial charge in [-0.25, -0.2) is 19.9 Å². The molecule has 0 amide bonds. The first kappa shape index (κ1) is 30.6. The lowest BCUT2D eigenvalue weighted by molar-refractivity contribution is 0.670. The molecule has 7 heteroatoms. The fourth-order valence-electron chi connectivity index (χ4n) is 7.99. The van der Waals surface area contributed by atoms with Crippen LogP contribution >= 0.6 is 22.7 Å². The first-order chi connectivity index (χ1) is 27.2. The van der Waals surface area contributed by atoms with Gasteiger partial charge in [0.15, 0.2) is 17.5 Å². The van der Waals surface area contributed by atoms with Gasteiger partial charge in [-0.05, 0) is 51.9 Å². The maximum atomic E-state index is 6.75. The third kappa shape index (κ3) is 4.77. The lowest BCUT2D eigenvalue weighted by Crippen LogP contribution is -2.01. The number of rotatable bonds is 4. The fourth-order valence-corrected chi connectivity index (χ4v) is 10.2. The number of hydrogen-bond donors (Lipinski definition) is 0. The summed E-state index contributed by atoms with van der Waals surface area (Å²) in [5.74, 6) is 1.73. The lowest BCUT2D eigenvalue weighted by atomic mass is 9.97. The van der Waals surface area contributed by atoms with Crippen molar-refractivity contribution in [3.8, 4) is 44.7 Å². The second-order valence-corrected chi connectivity index (χ2v) is 15.8. The maximum Gasteiger partial charge on any atom is 0.167 e. The SMILES string of the molecule is c1ccc(-c2nc(-c3cc4ccccc4c4ccccc34)nc(-c3cc4nc(-c5ccc6c(c5)sc5ccccc56)sc4c4c3oc3ccccc34)n2)cc1. The Morgan fingerprint density at radius 1 is 0.418 bits per heavy atom. The Kier molecular flexibility index (Phi) is 6.60. The van der Waals surface area contributed by atoms with Crippen molar-refractivity contribution in [2.75, 3.05) is 0 Å². The number of benzene rings is 8. The van der Waals surface area contributed by atoms with Crippen molar-refractivity contribution >= 4 is 96.5 Å². The van der Waals surface area contributed by atoms with Gasteiger partial charge < -0.3 is 4.42 Å². The Labute approximate surface area is 321 Å². The first-order valence-corrected chi connectivity index (χ1v) is 19.8. The van der Waals surface area contributed by atoms with Crippen LogP contribution in [0.2, 0.25) is 0 Å². The first-order valence-electron chi connectivity index (χ1n) is 18.1. The average molecular weight is 739 g/mol. The van der Waals surface area contributed by atoms with Crippen LogP contribution in [0.4, 0.5) is 0 Å². The van der Waals surface area contributed by atoms with E-state index in [9.17, 15) is 0 Å². The van der Waals surface area contributed by atoms with E-state index in [1.54, 1.807) is 11.3 Å². The minimum Gasteiger partial charge on any atom is -0.455 e. The molecular weight excluding hydrogens is 713 g/mol. The molecule has 12 aromatic rings. The number of fused-ring (bicyclic) bond motifs is 11. The molecule has 4 aromatic heterocycles. The number of furan rings is 1. The number of para-hydroxylation sites is 1. The summed E-state index contributed by atoms with van der Waals surface area (Å²) in [6, 6.07) is 54.9. The summed E-state index contributed by atoms with van der Waals surface area (Å²) in [7, 11) is 0. The van der Waals surface area contributed by atoms with E-state index in [0.717, 1.165) is 75.6 Å². The molecule has 55 heavy (non-hydrogen) atoms. The highest BCUT2D eigenvalue weighted by Crippen LogP contribution is 2.45. The molecule has 0 fully saturated rings. The highest BCUT2D eigenvalue weighted by atomic mass is 32.1. The molecule has 0 bridgehead atoms. The molecule has 0 saturated carbocycles. The Balaban J connectivity index is 1.13. The third-order valence-electron chi connectivity index (χ3n) is 10.5. The predicted molar refractivity (Wildman–Crippen MR) is 230 cm³/mol. The molecule has 0 spiro atoms. The highest BCUT2D eigenvalue weighted by molar-refractivity contribution is 7.26. The summed E-state index contributed by atoms with van der Waals surface area (Å²) in [6.45, 7) is 0. The van der Waals surface area contributed by atoms with E-state index in [-0.39, 0.29) is 0 Å². The number of thiophene rings is 1. The summed E-state index contributed by atoms with van der Waals surface area (Å²) in [4.78, 5) is 21.0. The van der Waals surface area contributed by atoms with Crippen LogP contribution in [0.1, 0.15) is 0 Å². The minimum atomic E-state index is 0.535. The monoisotopic (exact) mass is 738 g/mol. The minimum absolute atomic E-state index is 0.535. The van der Waals surface area contributed by atoms with Crippen molar-refractivity contribution in [3.63, 3.8) is 0 Å². The van der Waals surface area contributed by atoms with Crippen LogP contribution in [0.25, 0.3) is 119 Å². The smallest absolute Gasteiger partial charge is 0.167 e. The molecule has 8 aromatic carbocycles. The van der Waals surface area contributed by atoms with Crippen LogP contribution in [0.15, 0.2) is 162 Å². The fraction of sp³-hybridized carbons (Fsp3) is 0. The molecule has 12 rings (SSSR count). The van der Waals surface area contributed by atoms with Gasteiger partial charge >= 0.3 is 0 Å². The molecule has 5 nitrogen and oxygen atoms in total. The molecule has 4 heterocycles. The van der Waals surface area contributed by atoms with Gasteiger partial charge in [-0.2, -0.15) is 0 Å². The summed E-state index contributed by atoms with van der Waals surface area (Å²) in [6.07, 6.45) is 0. The second kappa shape index (κ2) is 11.9. The number of nitrogens with zero attached hydrogens (tertiary/aromatic N) is 4. The molecule has 0 N–H and O–H groups in total. The van der Waals surface area contributed by atoms with Crippen molar-refractivity contribution in [1.29, 1.82) is 0 Å². The average Bonchev–Trinajstić information content (AvgIpc) is 3.96. The van der Waals surface area contributed by atoms with Gasteiger partial charge in [-0.15, -0.1) is 22.7 Å². The van der Waals surface area contributed by atoms with E-state index in [1.165, 1.54) is 25.6 Å². The number of thiazole rings is 1. The van der Waals surface area contributed by atoms with Crippen LogP contribution in [-0.2, 0) is 0 Å². The quantitative estimate of drug-likeness (QED) is 0.168. The van der Waals surface area contributed by atoms with Crippen LogP contribution in [0.5, 0.6) is 0 Å². The number of aromatic nitrogens is 4. The van der Waals surface area contributed by atoms with Crippen LogP contribution < -0.4 is 0 Å². The van der Waals surface area contributed by atoms with E-state index < -0.39 is 0 Å². The zero-order chi connectivity index (χ0) is 36.0. The molecule has 256 valence electrons. The molecular formula is C48H26N4OS2. The zero-order valence-corrected chi connectivity index (χ0v) is 30.7. The van der Waals surface area contributed by atoms with Crippen LogP contribution in [0.3, 0.4) is 0 Å². The van der Waals surface area contributed by atoms with E-state index >= 15 is 0 Å². The van der Waals surface area contributed by atoms with Gasteiger partial charge in [0.05, 0.1) is 15.8 Å². The Hall–Kier alpha value is -6.80. The molecule has 0 radical (unpaired) electrons. The molecule has 0 aliphatic rings. The summed E-state index contributed by atoms with van der Waals surface area (Å²) in [5.41, 5.74) is 6.16. The van der Waals surface area contributed by atoms with Crippen LogP contribution in [-0.4, -0.2) is 19.9 Å². The van der Waals surface area contributed by atoms with Crippen molar-refractivity contribution in [2.45, 2.75) is 0 Å².